The van der Waals surface area contributed by atoms with Crippen molar-refractivity contribution in [2.75, 3.05) is 26.2 Å². The van der Waals surface area contributed by atoms with E-state index in [-0.39, 0.29) is 47.7 Å². The molecular formula is C47H78N6O6V. The largest absolute Gasteiger partial charge is 0.350 e. The smallest absolute Gasteiger partial charge is 0.315 e. The number of likely N-dealkylation sites (tertiary alicyclic amines) is 2. The maximum Gasteiger partial charge on any atom is 0.315 e. The summed E-state index contributed by atoms with van der Waals surface area (Å²) in [7, 11) is 0. The van der Waals surface area contributed by atoms with Crippen LogP contribution in [0.15, 0.2) is 24.3 Å². The van der Waals surface area contributed by atoms with E-state index in [0.29, 0.717) is 70.6 Å². The van der Waals surface area contributed by atoms with Crippen molar-refractivity contribution >= 4 is 35.4 Å². The number of hydrogen-bond donors (Lipinski definition) is 4. The van der Waals surface area contributed by atoms with Crippen LogP contribution in [0.25, 0.3) is 0 Å². The first kappa shape index (κ1) is 52.8. The molecule has 3 fully saturated rings. The fraction of sp³-hybridized carbons (Fsp3) is 0.745. The Hall–Kier alpha value is -3.38. The number of amides is 6. The van der Waals surface area contributed by atoms with Crippen LogP contribution in [0, 0.1) is 17.3 Å². The summed E-state index contributed by atoms with van der Waals surface area (Å²) < 4.78 is 0. The number of aryl methyl sites for hydroxylation is 2. The quantitative estimate of drug-likeness (QED) is 0.118. The predicted octanol–water partition coefficient (Wildman–Crippen LogP) is 6.87. The summed E-state index contributed by atoms with van der Waals surface area (Å²) in [6.45, 7) is 18.0. The first-order valence-corrected chi connectivity index (χ1v) is 23.0. The zero-order chi connectivity index (χ0) is 43.5. The van der Waals surface area contributed by atoms with Gasteiger partial charge < -0.3 is 31.1 Å². The van der Waals surface area contributed by atoms with Gasteiger partial charge in [0.05, 0.1) is 12.1 Å². The van der Waals surface area contributed by atoms with E-state index in [1.54, 1.807) is 11.8 Å². The van der Waals surface area contributed by atoms with E-state index >= 15 is 0 Å². The molecule has 5 rings (SSSR count). The van der Waals surface area contributed by atoms with Crippen LogP contribution in [0.4, 0.5) is 4.79 Å². The van der Waals surface area contributed by atoms with Gasteiger partial charge in [0.15, 0.2) is 0 Å². The Bertz CT molecular complexity index is 1500. The van der Waals surface area contributed by atoms with E-state index in [4.69, 9.17) is 0 Å². The Morgan fingerprint density at radius 2 is 1.38 bits per heavy atom. The van der Waals surface area contributed by atoms with Gasteiger partial charge in [0.2, 0.25) is 23.5 Å². The number of nitrogens with zero attached hydrogens (tertiary/aromatic N) is 2. The third kappa shape index (κ3) is 16.1. The molecule has 0 spiro atoms. The number of fused-ring (bicyclic) bond motifs is 1. The second kappa shape index (κ2) is 26.8. The van der Waals surface area contributed by atoms with Gasteiger partial charge in [-0.15, -0.1) is 0 Å². The number of ketones is 1. The van der Waals surface area contributed by atoms with Crippen LogP contribution >= 0.6 is 0 Å². The van der Waals surface area contributed by atoms with Gasteiger partial charge in [-0.3, -0.25) is 24.0 Å². The fourth-order valence-corrected chi connectivity index (χ4v) is 8.35. The maximum absolute atomic E-state index is 14.7. The van der Waals surface area contributed by atoms with Crippen molar-refractivity contribution in [2.45, 2.75) is 182 Å². The molecule has 60 heavy (non-hydrogen) atoms. The molecule has 4 N–H and O–H groups in total. The van der Waals surface area contributed by atoms with E-state index in [1.165, 1.54) is 24.0 Å². The Kier molecular flexibility index (Phi) is 23.6. The molecule has 0 aromatic heterocycles. The number of nitrogens with one attached hydrogen (secondary N) is 4. The number of Topliss-reactive ketones (excluding diaryl/α,β-unsaturated/α-hetero) is 1. The molecule has 13 heteroatoms. The van der Waals surface area contributed by atoms with E-state index in [0.717, 1.165) is 51.4 Å². The Labute approximate surface area is 373 Å². The maximum atomic E-state index is 14.7. The summed E-state index contributed by atoms with van der Waals surface area (Å²) in [5, 5.41) is 11.7. The SMILES string of the molecule is CCC.CCC.CCNC(=O)C(=O)C(CCC1CCC1)NC(=O)[C@@H]1CCCN1C(=O)[C@@H](NC(=O)N[C@H](CN1CCCCC1=O)C(C)(C)C)C1CCc2ccccc2CC1.[V]. The van der Waals surface area contributed by atoms with Crippen LogP contribution in [0.2, 0.25) is 0 Å². The molecule has 1 saturated carbocycles. The zero-order valence-corrected chi connectivity index (χ0v) is 39.6. The molecule has 6 amide bonds. The third-order valence-corrected chi connectivity index (χ3v) is 12.0. The summed E-state index contributed by atoms with van der Waals surface area (Å²) >= 11 is 0. The van der Waals surface area contributed by atoms with Gasteiger partial charge >= 0.3 is 6.03 Å². The number of piperidine rings is 1. The second-order valence-electron chi connectivity index (χ2n) is 18.2. The number of carbonyl (C=O) groups excluding carboxylic acids is 6. The molecule has 337 valence electrons. The Morgan fingerprint density at radius 1 is 0.767 bits per heavy atom. The van der Waals surface area contributed by atoms with Crippen molar-refractivity contribution in [1.29, 1.82) is 0 Å². The minimum Gasteiger partial charge on any atom is -0.350 e. The van der Waals surface area contributed by atoms with Gasteiger partial charge in [0.25, 0.3) is 5.91 Å². The molecule has 1 radical (unpaired) electrons. The summed E-state index contributed by atoms with van der Waals surface area (Å²) in [5.41, 5.74) is 2.12. The minimum absolute atomic E-state index is 0. The van der Waals surface area contributed by atoms with Crippen molar-refractivity contribution in [1.82, 2.24) is 31.1 Å². The molecular weight excluding hydrogens is 795 g/mol. The van der Waals surface area contributed by atoms with E-state index in [1.807, 2.05) is 37.8 Å². The second-order valence-corrected chi connectivity index (χ2v) is 18.2. The van der Waals surface area contributed by atoms with Crippen LogP contribution in [0.3, 0.4) is 0 Å². The number of hydrogen-bond acceptors (Lipinski definition) is 6. The fourth-order valence-electron chi connectivity index (χ4n) is 8.35. The monoisotopic (exact) mass is 874 g/mol. The van der Waals surface area contributed by atoms with Gasteiger partial charge in [0, 0.05) is 51.2 Å². The predicted molar refractivity (Wildman–Crippen MR) is 235 cm³/mol. The van der Waals surface area contributed by atoms with Crippen LogP contribution < -0.4 is 21.3 Å². The topological polar surface area (TPSA) is 157 Å². The number of carbonyl (C=O) groups is 6. The van der Waals surface area contributed by atoms with Crippen LogP contribution in [0.1, 0.15) is 156 Å². The van der Waals surface area contributed by atoms with Gasteiger partial charge in [-0.2, -0.15) is 0 Å². The summed E-state index contributed by atoms with van der Waals surface area (Å²) in [6.07, 6.45) is 13.2. The van der Waals surface area contributed by atoms with Gasteiger partial charge in [0.1, 0.15) is 12.1 Å². The molecule has 2 saturated heterocycles. The summed E-state index contributed by atoms with van der Waals surface area (Å²) in [5.74, 6) is -1.73. The van der Waals surface area contributed by atoms with Crippen molar-refractivity contribution in [3.8, 4) is 0 Å². The number of rotatable bonds is 14. The molecule has 0 bridgehead atoms. The molecule has 2 aliphatic carbocycles. The molecule has 1 unspecified atom stereocenters. The number of benzene rings is 1. The molecule has 2 heterocycles. The third-order valence-electron chi connectivity index (χ3n) is 12.0. The first-order valence-electron chi connectivity index (χ1n) is 23.0. The van der Waals surface area contributed by atoms with E-state index in [2.05, 4.69) is 61.1 Å². The summed E-state index contributed by atoms with van der Waals surface area (Å²) in [4.78, 5) is 84.5. The van der Waals surface area contributed by atoms with Gasteiger partial charge in [-0.1, -0.05) is 105 Å². The van der Waals surface area contributed by atoms with Crippen LogP contribution in [0.5, 0.6) is 0 Å². The molecule has 1 aromatic rings. The molecule has 4 aliphatic rings. The van der Waals surface area contributed by atoms with E-state index < -0.39 is 41.8 Å². The van der Waals surface area contributed by atoms with Crippen molar-refractivity contribution in [3.63, 3.8) is 0 Å². The normalized spacial score (nSPS) is 19.5. The average Bonchev–Trinajstić information content (AvgIpc) is 3.57. The van der Waals surface area contributed by atoms with Crippen molar-refractivity contribution in [2.24, 2.45) is 17.3 Å². The first-order chi connectivity index (χ1) is 28.2. The van der Waals surface area contributed by atoms with Crippen molar-refractivity contribution in [3.05, 3.63) is 35.4 Å². The minimum atomic E-state index is -0.964. The zero-order valence-electron chi connectivity index (χ0n) is 38.2. The molecule has 2 aliphatic heterocycles. The van der Waals surface area contributed by atoms with Gasteiger partial charge in [-0.25, -0.2) is 4.79 Å². The Morgan fingerprint density at radius 3 is 1.92 bits per heavy atom. The summed E-state index contributed by atoms with van der Waals surface area (Å²) in [6, 6.07) is 4.78. The standard InChI is InChI=1S/C41H62N6O6.2C3H8.V/c1-5-42-38(51)36(49)31(23-18-27-12-10-13-27)43-37(50)32-16-11-25-47(32)39(52)35(30-21-19-28-14-6-7-15-29(28)20-22-30)45-40(53)44-33(41(2,3)4)26-46-24-9-8-17-34(46)48;2*1-3-2;/h6-7,14-15,27,30-33,35H,5,8-13,16-26H2,1-4H3,(H,42,51)(H,43,50)(H2,44,45,53);2*3H2,1-2H3;/t31?,32-,33+,35-;;;/m0.../s1. The number of urea groups is 1. The van der Waals surface area contributed by atoms with E-state index in [9.17, 15) is 28.8 Å². The Balaban J connectivity index is 0.00000167. The number of likely N-dealkylation sites (N-methyl/N-ethyl adjacent to an activating group) is 1. The van der Waals surface area contributed by atoms with Crippen molar-refractivity contribution < 1.29 is 47.3 Å². The molecule has 1 aromatic carbocycles. The average molecular weight is 874 g/mol. The van der Waals surface area contributed by atoms with Crippen LogP contribution in [-0.4, -0.2) is 95.6 Å². The molecule has 4 atom stereocenters. The van der Waals surface area contributed by atoms with Gasteiger partial charge in [-0.05, 0) is 99.5 Å². The molecule has 12 nitrogen and oxygen atoms in total. The van der Waals surface area contributed by atoms with Crippen LogP contribution in [-0.2, 0) is 55.4 Å².